The minimum atomic E-state index is -3.74. The molecule has 1 amide bonds. The molecule has 0 radical (unpaired) electrons. The van der Waals surface area contributed by atoms with Gasteiger partial charge >= 0.3 is 0 Å². The van der Waals surface area contributed by atoms with E-state index in [0.717, 1.165) is 11.1 Å². The van der Waals surface area contributed by atoms with Gasteiger partial charge in [-0.2, -0.15) is 0 Å². The van der Waals surface area contributed by atoms with E-state index in [-0.39, 0.29) is 22.1 Å². The second-order valence-corrected chi connectivity index (χ2v) is 7.73. The number of hydrogen-bond donors (Lipinski definition) is 2. The van der Waals surface area contributed by atoms with Crippen molar-refractivity contribution in [1.82, 2.24) is 10.3 Å². The maximum Gasteiger partial charge on any atom is 0.261 e. The second-order valence-electron chi connectivity index (χ2n) is 6.05. The Kier molecular flexibility index (Phi) is 5.52. The molecule has 0 bridgehead atoms. The summed E-state index contributed by atoms with van der Waals surface area (Å²) < 4.78 is 27.2. The van der Waals surface area contributed by atoms with Gasteiger partial charge in [-0.25, -0.2) is 8.42 Å². The van der Waals surface area contributed by atoms with Crippen LogP contribution in [0.5, 0.6) is 0 Å². The summed E-state index contributed by atoms with van der Waals surface area (Å²) in [6.45, 7) is 2.37. The van der Waals surface area contributed by atoms with Gasteiger partial charge in [0.15, 0.2) is 0 Å². The van der Waals surface area contributed by atoms with Crippen molar-refractivity contribution in [3.05, 3.63) is 89.7 Å². The number of amides is 1. The van der Waals surface area contributed by atoms with Gasteiger partial charge in [-0.1, -0.05) is 48.0 Å². The van der Waals surface area contributed by atoms with E-state index in [1.165, 1.54) is 30.6 Å². The summed E-state index contributed by atoms with van der Waals surface area (Å²) in [6, 6.07) is 17.3. The van der Waals surface area contributed by atoms with Crippen molar-refractivity contribution >= 4 is 21.6 Å². The number of rotatable bonds is 6. The fraction of sp³-hybridized carbons (Fsp3) is 0.100. The molecule has 0 saturated carbocycles. The van der Waals surface area contributed by atoms with Crippen LogP contribution >= 0.6 is 0 Å². The molecule has 7 heteroatoms. The van der Waals surface area contributed by atoms with E-state index in [2.05, 4.69) is 15.0 Å². The van der Waals surface area contributed by atoms with Crippen LogP contribution in [0.1, 0.15) is 21.5 Å². The molecule has 0 fully saturated rings. The Bertz CT molecular complexity index is 1030. The van der Waals surface area contributed by atoms with Gasteiger partial charge in [-0.05, 0) is 30.7 Å². The normalized spacial score (nSPS) is 11.0. The zero-order chi connectivity index (χ0) is 19.3. The molecule has 2 aromatic carbocycles. The Hall–Kier alpha value is -3.19. The molecule has 0 aliphatic rings. The minimum Gasteiger partial charge on any atom is -0.348 e. The molecule has 138 valence electrons. The summed E-state index contributed by atoms with van der Waals surface area (Å²) >= 11 is 0. The Morgan fingerprint density at radius 1 is 1.00 bits per heavy atom. The van der Waals surface area contributed by atoms with Gasteiger partial charge < -0.3 is 5.32 Å². The van der Waals surface area contributed by atoms with Crippen LogP contribution in [-0.2, 0) is 16.6 Å². The summed E-state index contributed by atoms with van der Waals surface area (Å²) in [5.74, 6) is -0.330. The molecule has 0 aliphatic carbocycles. The van der Waals surface area contributed by atoms with Gasteiger partial charge in [0.2, 0.25) is 0 Å². The molecule has 0 saturated heterocycles. The molecule has 3 aromatic rings. The first kappa shape index (κ1) is 18.6. The zero-order valence-corrected chi connectivity index (χ0v) is 15.5. The first-order chi connectivity index (χ1) is 12.9. The first-order valence-electron chi connectivity index (χ1n) is 8.31. The molecule has 0 atom stereocenters. The summed E-state index contributed by atoms with van der Waals surface area (Å²) in [6.07, 6.45) is 2.75. The fourth-order valence-corrected chi connectivity index (χ4v) is 3.48. The van der Waals surface area contributed by atoms with Crippen LogP contribution < -0.4 is 10.0 Å². The third kappa shape index (κ3) is 4.92. The maximum atomic E-state index is 12.4. The average Bonchev–Trinajstić information content (AvgIpc) is 2.68. The molecule has 6 nitrogen and oxygen atoms in total. The van der Waals surface area contributed by atoms with Crippen molar-refractivity contribution in [3.8, 4) is 0 Å². The van der Waals surface area contributed by atoms with Crippen molar-refractivity contribution in [3.63, 3.8) is 0 Å². The van der Waals surface area contributed by atoms with Gasteiger partial charge in [0, 0.05) is 12.7 Å². The van der Waals surface area contributed by atoms with Crippen LogP contribution in [0, 0.1) is 6.92 Å². The van der Waals surface area contributed by atoms with E-state index in [9.17, 15) is 13.2 Å². The number of carbonyl (C=O) groups excluding carboxylic acids is 1. The molecule has 27 heavy (non-hydrogen) atoms. The lowest BCUT2D eigenvalue weighted by Gasteiger charge is -2.10. The minimum absolute atomic E-state index is 0.138. The quantitative estimate of drug-likeness (QED) is 0.687. The van der Waals surface area contributed by atoms with Crippen molar-refractivity contribution in [2.45, 2.75) is 18.4 Å². The Balaban J connectivity index is 1.69. The van der Waals surface area contributed by atoms with E-state index in [4.69, 9.17) is 0 Å². The van der Waals surface area contributed by atoms with Crippen LogP contribution in [0.15, 0.2) is 78.0 Å². The monoisotopic (exact) mass is 381 g/mol. The third-order valence-electron chi connectivity index (χ3n) is 3.88. The van der Waals surface area contributed by atoms with Crippen molar-refractivity contribution in [2.24, 2.45) is 0 Å². The lowest BCUT2D eigenvalue weighted by atomic mass is 10.1. The van der Waals surface area contributed by atoms with Gasteiger partial charge in [-0.3, -0.25) is 14.5 Å². The number of nitrogens with one attached hydrogen (secondary N) is 2. The summed E-state index contributed by atoms with van der Waals surface area (Å²) in [4.78, 5) is 16.4. The maximum absolute atomic E-state index is 12.4. The van der Waals surface area contributed by atoms with Gasteiger partial charge in [0.25, 0.3) is 15.9 Å². The molecular weight excluding hydrogens is 362 g/mol. The van der Waals surface area contributed by atoms with Gasteiger partial charge in [0.05, 0.1) is 22.3 Å². The van der Waals surface area contributed by atoms with Gasteiger partial charge in [-0.15, -0.1) is 0 Å². The smallest absolute Gasteiger partial charge is 0.261 e. The molecule has 0 aliphatic heterocycles. The number of sulfonamides is 1. The first-order valence-corrected chi connectivity index (χ1v) is 9.79. The predicted molar refractivity (Wildman–Crippen MR) is 104 cm³/mol. The largest absolute Gasteiger partial charge is 0.348 e. The summed E-state index contributed by atoms with van der Waals surface area (Å²) in [7, 11) is -3.74. The number of aryl methyl sites for hydroxylation is 1. The molecule has 3 rings (SSSR count). The fourth-order valence-electron chi connectivity index (χ4n) is 2.42. The highest BCUT2D eigenvalue weighted by atomic mass is 32.2. The average molecular weight is 381 g/mol. The number of carbonyl (C=O) groups is 1. The molecular formula is C20H19N3O3S. The number of pyridine rings is 1. The van der Waals surface area contributed by atoms with Crippen molar-refractivity contribution < 1.29 is 13.2 Å². The number of benzene rings is 2. The van der Waals surface area contributed by atoms with Crippen LogP contribution in [0.3, 0.4) is 0 Å². The Morgan fingerprint density at radius 2 is 1.70 bits per heavy atom. The molecule has 0 spiro atoms. The lowest BCUT2D eigenvalue weighted by molar-refractivity contribution is 0.0950. The number of nitrogens with zero attached hydrogens (tertiary/aromatic N) is 1. The van der Waals surface area contributed by atoms with Crippen molar-refractivity contribution in [2.75, 3.05) is 4.72 Å². The lowest BCUT2D eigenvalue weighted by Crippen LogP contribution is -2.23. The zero-order valence-electron chi connectivity index (χ0n) is 14.7. The number of hydrogen-bond acceptors (Lipinski definition) is 4. The second kappa shape index (κ2) is 8.01. The molecule has 1 heterocycles. The summed E-state index contributed by atoms with van der Waals surface area (Å²) in [5, 5.41) is 2.80. The van der Waals surface area contributed by atoms with Gasteiger partial charge in [0.1, 0.15) is 0 Å². The number of aromatic nitrogens is 1. The van der Waals surface area contributed by atoms with Crippen LogP contribution in [0.2, 0.25) is 0 Å². The molecule has 0 unspecified atom stereocenters. The van der Waals surface area contributed by atoms with Crippen LogP contribution in [0.4, 0.5) is 5.69 Å². The predicted octanol–water partition coefficient (Wildman–Crippen LogP) is 3.12. The van der Waals surface area contributed by atoms with E-state index in [0.29, 0.717) is 6.54 Å². The Labute approximate surface area is 158 Å². The topological polar surface area (TPSA) is 88.2 Å². The third-order valence-corrected chi connectivity index (χ3v) is 5.28. The standard InChI is InChI=1S/C20H19N3O3S/c1-15-7-9-16(10-8-15)12-22-20(24)17-11-18(14-21-13-17)23-27(25,26)19-5-3-2-4-6-19/h2-11,13-14,23H,12H2,1H3,(H,22,24). The highest BCUT2D eigenvalue weighted by molar-refractivity contribution is 7.92. The van der Waals surface area contributed by atoms with E-state index in [1.807, 2.05) is 31.2 Å². The Morgan fingerprint density at radius 3 is 2.41 bits per heavy atom. The molecule has 1 aromatic heterocycles. The van der Waals surface area contributed by atoms with E-state index < -0.39 is 10.0 Å². The summed E-state index contributed by atoms with van der Waals surface area (Å²) in [5.41, 5.74) is 2.62. The van der Waals surface area contributed by atoms with Crippen LogP contribution in [-0.4, -0.2) is 19.3 Å². The van der Waals surface area contributed by atoms with E-state index >= 15 is 0 Å². The van der Waals surface area contributed by atoms with E-state index in [1.54, 1.807) is 18.2 Å². The SMILES string of the molecule is Cc1ccc(CNC(=O)c2cncc(NS(=O)(=O)c3ccccc3)c2)cc1. The highest BCUT2D eigenvalue weighted by Crippen LogP contribution is 2.16. The van der Waals surface area contributed by atoms with Crippen molar-refractivity contribution in [1.29, 1.82) is 0 Å². The number of anilines is 1. The van der Waals surface area contributed by atoms with Crippen LogP contribution in [0.25, 0.3) is 0 Å². The highest BCUT2D eigenvalue weighted by Gasteiger charge is 2.15. The molecule has 2 N–H and O–H groups in total.